The van der Waals surface area contributed by atoms with Crippen LogP contribution in [0.4, 0.5) is 4.79 Å². The number of nitrogens with one attached hydrogen (secondary N) is 3. The summed E-state index contributed by atoms with van der Waals surface area (Å²) in [6, 6.07) is 25.0. The van der Waals surface area contributed by atoms with Gasteiger partial charge in [-0.3, -0.25) is 9.59 Å². The Morgan fingerprint density at radius 3 is 2.04 bits per heavy atom. The third-order valence-corrected chi connectivity index (χ3v) is 8.76. The lowest BCUT2D eigenvalue weighted by atomic mass is 9.87. The summed E-state index contributed by atoms with van der Waals surface area (Å²) in [6.07, 6.45) is 2.72. The largest absolute Gasteiger partial charge is 0.483 e. The Kier molecular flexibility index (Phi) is 12.6. The fourth-order valence-electron chi connectivity index (χ4n) is 6.38. The summed E-state index contributed by atoms with van der Waals surface area (Å²) < 4.78 is 5.98. The Hall–Kier alpha value is -4.33. The zero-order valence-electron chi connectivity index (χ0n) is 27.9. The van der Waals surface area contributed by atoms with Gasteiger partial charge in [-0.2, -0.15) is 0 Å². The van der Waals surface area contributed by atoms with Crippen molar-refractivity contribution in [1.82, 2.24) is 20.9 Å². The molecule has 1 fully saturated rings. The molecule has 3 aromatic carbocycles. The number of nitrogens with zero attached hydrogens (tertiary/aromatic N) is 1. The standard InChI is InChI=1S/C38H50N4O4/c1-26(2)35(42-21-13-20-39-38(42)45)37(44)40-32(23-30-16-8-6-9-17-30)22-29(5)33(24-31-18-10-7-11-19-31)41-34(43)25-46-36-27(3)14-12-15-28(36)4/h6-12,14-19,26,29,32-33,35H,13,20-25H2,1-5H3,(H,39,45)(H,40,44)(H,41,43)/t29-,32-,33+,35?/m1/s1. The van der Waals surface area contributed by atoms with E-state index < -0.39 is 6.04 Å². The van der Waals surface area contributed by atoms with Gasteiger partial charge in [-0.1, -0.05) is 99.6 Å². The maximum Gasteiger partial charge on any atom is 0.318 e. The Morgan fingerprint density at radius 1 is 0.848 bits per heavy atom. The molecular weight excluding hydrogens is 576 g/mol. The minimum absolute atomic E-state index is 0.00847. The second kappa shape index (κ2) is 16.8. The molecule has 8 nitrogen and oxygen atoms in total. The normalized spacial score (nSPS) is 15.8. The molecule has 0 aromatic heterocycles. The van der Waals surface area contributed by atoms with Gasteiger partial charge in [-0.05, 0) is 73.6 Å². The highest BCUT2D eigenvalue weighted by Crippen LogP contribution is 2.23. The third-order valence-electron chi connectivity index (χ3n) is 8.76. The van der Waals surface area contributed by atoms with E-state index in [9.17, 15) is 14.4 Å². The molecule has 4 atom stereocenters. The lowest BCUT2D eigenvalue weighted by Gasteiger charge is -2.37. The monoisotopic (exact) mass is 626 g/mol. The van der Waals surface area contributed by atoms with Crippen molar-refractivity contribution in [3.8, 4) is 5.75 Å². The molecule has 0 aliphatic carbocycles. The average Bonchev–Trinajstić information content (AvgIpc) is 3.02. The molecule has 1 aliphatic rings. The van der Waals surface area contributed by atoms with Crippen LogP contribution in [0, 0.1) is 25.7 Å². The van der Waals surface area contributed by atoms with Crippen LogP contribution in [0.25, 0.3) is 0 Å². The van der Waals surface area contributed by atoms with E-state index in [1.54, 1.807) is 4.90 Å². The fourth-order valence-corrected chi connectivity index (χ4v) is 6.38. The van der Waals surface area contributed by atoms with Crippen LogP contribution in [0.15, 0.2) is 78.9 Å². The summed E-state index contributed by atoms with van der Waals surface area (Å²) in [6.45, 7) is 11.1. The smallest absolute Gasteiger partial charge is 0.318 e. The van der Waals surface area contributed by atoms with Crippen LogP contribution in [0.1, 0.15) is 55.9 Å². The van der Waals surface area contributed by atoms with E-state index in [1.165, 1.54) is 0 Å². The molecule has 0 bridgehead atoms. The van der Waals surface area contributed by atoms with Crippen molar-refractivity contribution in [2.24, 2.45) is 11.8 Å². The number of carbonyl (C=O) groups is 3. The van der Waals surface area contributed by atoms with Crippen molar-refractivity contribution < 1.29 is 19.1 Å². The Bertz CT molecular complexity index is 1410. The van der Waals surface area contributed by atoms with Crippen LogP contribution in [0.2, 0.25) is 0 Å². The molecule has 0 saturated carbocycles. The zero-order chi connectivity index (χ0) is 33.1. The highest BCUT2D eigenvalue weighted by atomic mass is 16.5. The average molecular weight is 627 g/mol. The van der Waals surface area contributed by atoms with Crippen LogP contribution in [0.3, 0.4) is 0 Å². The second-order valence-electron chi connectivity index (χ2n) is 12.9. The number of rotatable bonds is 15. The van der Waals surface area contributed by atoms with E-state index >= 15 is 0 Å². The maximum absolute atomic E-state index is 13.9. The number of urea groups is 1. The number of hydrogen-bond acceptors (Lipinski definition) is 4. The van der Waals surface area contributed by atoms with Gasteiger partial charge < -0.3 is 25.6 Å². The number of para-hydroxylation sites is 1. The minimum atomic E-state index is -0.573. The number of hydrogen-bond donors (Lipinski definition) is 3. The van der Waals surface area contributed by atoms with E-state index in [0.717, 1.165) is 34.4 Å². The van der Waals surface area contributed by atoms with Gasteiger partial charge >= 0.3 is 6.03 Å². The van der Waals surface area contributed by atoms with Crippen molar-refractivity contribution in [3.63, 3.8) is 0 Å². The van der Waals surface area contributed by atoms with Crippen molar-refractivity contribution in [2.75, 3.05) is 19.7 Å². The van der Waals surface area contributed by atoms with E-state index in [2.05, 4.69) is 47.1 Å². The van der Waals surface area contributed by atoms with E-state index in [1.807, 2.05) is 82.3 Å². The third kappa shape index (κ3) is 9.83. The van der Waals surface area contributed by atoms with E-state index in [-0.39, 0.29) is 48.4 Å². The minimum Gasteiger partial charge on any atom is -0.483 e. The summed E-state index contributed by atoms with van der Waals surface area (Å²) in [5, 5.41) is 9.47. The lowest BCUT2D eigenvalue weighted by molar-refractivity contribution is -0.128. The van der Waals surface area contributed by atoms with Gasteiger partial charge in [0.2, 0.25) is 5.91 Å². The van der Waals surface area contributed by atoms with Gasteiger partial charge in [0.1, 0.15) is 11.8 Å². The zero-order valence-corrected chi connectivity index (χ0v) is 27.9. The molecule has 1 unspecified atom stereocenters. The highest BCUT2D eigenvalue weighted by molar-refractivity contribution is 5.87. The molecule has 46 heavy (non-hydrogen) atoms. The van der Waals surface area contributed by atoms with Gasteiger partial charge in [0.15, 0.2) is 6.61 Å². The molecule has 0 radical (unpaired) electrons. The Morgan fingerprint density at radius 2 is 1.46 bits per heavy atom. The Balaban J connectivity index is 1.52. The molecule has 1 heterocycles. The molecular formula is C38H50N4O4. The van der Waals surface area contributed by atoms with Crippen LogP contribution in [-0.2, 0) is 22.4 Å². The molecule has 4 amide bonds. The van der Waals surface area contributed by atoms with Crippen molar-refractivity contribution in [1.29, 1.82) is 0 Å². The van der Waals surface area contributed by atoms with Crippen molar-refractivity contribution in [2.45, 2.75) is 78.4 Å². The van der Waals surface area contributed by atoms with E-state index in [4.69, 9.17) is 4.74 Å². The summed E-state index contributed by atoms with van der Waals surface area (Å²) in [5.74, 6) is 0.355. The maximum atomic E-state index is 13.9. The van der Waals surface area contributed by atoms with Gasteiger partial charge in [0, 0.05) is 25.2 Å². The number of ether oxygens (including phenoxy) is 1. The number of amides is 4. The predicted molar refractivity (Wildman–Crippen MR) is 183 cm³/mol. The SMILES string of the molecule is Cc1cccc(C)c1OCC(=O)N[C@@H](Cc1ccccc1)[C@H](C)C[C@H](Cc1ccccc1)NC(=O)C(C(C)C)N1CCCNC1=O. The topological polar surface area (TPSA) is 99.8 Å². The number of benzene rings is 3. The lowest BCUT2D eigenvalue weighted by Crippen LogP contribution is -2.59. The molecule has 1 saturated heterocycles. The van der Waals surface area contributed by atoms with Gasteiger partial charge in [-0.15, -0.1) is 0 Å². The molecule has 3 N–H and O–H groups in total. The van der Waals surface area contributed by atoms with Crippen LogP contribution >= 0.6 is 0 Å². The van der Waals surface area contributed by atoms with Gasteiger partial charge in [0.05, 0.1) is 0 Å². The van der Waals surface area contributed by atoms with Crippen LogP contribution < -0.4 is 20.7 Å². The molecule has 246 valence electrons. The first-order chi connectivity index (χ1) is 22.1. The highest BCUT2D eigenvalue weighted by Gasteiger charge is 2.35. The molecule has 0 spiro atoms. The van der Waals surface area contributed by atoms with Gasteiger partial charge in [0.25, 0.3) is 5.91 Å². The van der Waals surface area contributed by atoms with Crippen molar-refractivity contribution in [3.05, 3.63) is 101 Å². The number of carbonyl (C=O) groups excluding carboxylic acids is 3. The number of aryl methyl sites for hydroxylation is 2. The van der Waals surface area contributed by atoms with Gasteiger partial charge in [-0.25, -0.2) is 4.79 Å². The summed E-state index contributed by atoms with van der Waals surface area (Å²) in [7, 11) is 0. The molecule has 4 rings (SSSR count). The first-order valence-electron chi connectivity index (χ1n) is 16.5. The van der Waals surface area contributed by atoms with Crippen molar-refractivity contribution >= 4 is 17.8 Å². The first-order valence-corrected chi connectivity index (χ1v) is 16.5. The van der Waals surface area contributed by atoms with Crippen LogP contribution in [0.5, 0.6) is 5.75 Å². The molecule has 3 aromatic rings. The summed E-state index contributed by atoms with van der Waals surface area (Å²) in [5.41, 5.74) is 4.21. The second-order valence-corrected chi connectivity index (χ2v) is 12.9. The summed E-state index contributed by atoms with van der Waals surface area (Å²) >= 11 is 0. The molecule has 8 heteroatoms. The predicted octanol–water partition coefficient (Wildman–Crippen LogP) is 5.60. The summed E-state index contributed by atoms with van der Waals surface area (Å²) in [4.78, 5) is 41.6. The van der Waals surface area contributed by atoms with Crippen LogP contribution in [-0.4, -0.2) is 60.6 Å². The first kappa shape index (κ1) is 34.5. The van der Waals surface area contributed by atoms with E-state index in [0.29, 0.717) is 32.4 Å². The molecule has 1 aliphatic heterocycles. The fraction of sp³-hybridized carbons (Fsp3) is 0.447. The quantitative estimate of drug-likeness (QED) is 0.204. The Labute approximate surface area is 274 Å².